The van der Waals surface area contributed by atoms with Crippen molar-refractivity contribution in [3.8, 4) is 0 Å². The molecule has 0 radical (unpaired) electrons. The second-order valence-electron chi connectivity index (χ2n) is 18.9. The monoisotopic (exact) mass is 661 g/mol. The van der Waals surface area contributed by atoms with Crippen LogP contribution in [0.3, 0.4) is 0 Å². The van der Waals surface area contributed by atoms with E-state index in [1.807, 2.05) is 6.07 Å². The fraction of sp³-hybridized carbons (Fsp3) is 0.683. The van der Waals surface area contributed by atoms with Gasteiger partial charge in [-0.25, -0.2) is 0 Å². The summed E-state index contributed by atoms with van der Waals surface area (Å²) in [6.45, 7) is 14.3. The molecule has 6 nitrogen and oxygen atoms in total. The van der Waals surface area contributed by atoms with Crippen LogP contribution in [0.5, 0.6) is 0 Å². The fourth-order valence-electron chi connectivity index (χ4n) is 12.9. The average molecular weight is 662 g/mol. The van der Waals surface area contributed by atoms with E-state index in [4.69, 9.17) is 18.6 Å². The van der Waals surface area contributed by atoms with Crippen LogP contribution in [0.2, 0.25) is 0 Å². The third-order valence-corrected chi connectivity index (χ3v) is 16.1. The number of benzene rings is 2. The maximum Gasteiger partial charge on any atom is 0.470 e. The molecule has 258 valence electrons. The molecule has 2 aromatic carbocycles. The highest BCUT2D eigenvalue weighted by Gasteiger charge is 2.71. The van der Waals surface area contributed by atoms with Gasteiger partial charge >= 0.3 is 14.2 Å². The van der Waals surface area contributed by atoms with Gasteiger partial charge in [0.25, 0.3) is 5.91 Å². The Morgan fingerprint density at radius 2 is 1.18 bits per heavy atom. The second kappa shape index (κ2) is 10.5. The number of carbonyl (C=O) groups is 1. The molecule has 9 fully saturated rings. The van der Waals surface area contributed by atoms with Gasteiger partial charge in [0.2, 0.25) is 0 Å². The van der Waals surface area contributed by atoms with Crippen LogP contribution in [0.1, 0.15) is 144 Å². The third-order valence-electron chi connectivity index (χ3n) is 16.1. The van der Waals surface area contributed by atoms with Gasteiger partial charge in [-0.1, -0.05) is 77.3 Å². The molecule has 0 aromatic heterocycles. The molecule has 10 atom stereocenters. The summed E-state index contributed by atoms with van der Waals surface area (Å²) < 4.78 is 28.5. The Labute approximate surface area is 293 Å². The van der Waals surface area contributed by atoms with Crippen molar-refractivity contribution in [1.29, 1.82) is 0 Å². The number of rotatable bonds is 4. The molecule has 4 unspecified atom stereocenters. The predicted molar refractivity (Wildman–Crippen MR) is 191 cm³/mol. The Bertz CT molecular complexity index is 1710. The van der Waals surface area contributed by atoms with Gasteiger partial charge in [0.1, 0.15) is 0 Å². The summed E-state index contributed by atoms with van der Waals surface area (Å²) in [7, 11) is -0.826. The summed E-state index contributed by atoms with van der Waals surface area (Å²) in [6.07, 6.45) is 10.5. The molecule has 1 amide bonds. The number of amides is 1. The van der Waals surface area contributed by atoms with Crippen molar-refractivity contribution in [2.24, 2.45) is 34.5 Å². The first-order chi connectivity index (χ1) is 23.4. The molecule has 7 saturated carbocycles. The molecule has 2 heterocycles. The maximum absolute atomic E-state index is 13.9. The van der Waals surface area contributed by atoms with E-state index in [2.05, 4.69) is 83.3 Å². The Morgan fingerprint density at radius 1 is 0.673 bits per heavy atom. The van der Waals surface area contributed by atoms with Crippen molar-refractivity contribution in [3.05, 3.63) is 70.3 Å². The van der Waals surface area contributed by atoms with E-state index >= 15 is 0 Å². The summed E-state index contributed by atoms with van der Waals surface area (Å²) >= 11 is 0. The van der Waals surface area contributed by atoms with Crippen LogP contribution in [0.15, 0.2) is 42.5 Å². The average Bonchev–Trinajstić information content (AvgIpc) is 3.63. The Kier molecular flexibility index (Phi) is 6.76. The maximum atomic E-state index is 13.9. The zero-order chi connectivity index (χ0) is 33.7. The van der Waals surface area contributed by atoms with E-state index in [-0.39, 0.29) is 57.8 Å². The SMILES string of the molecule is CC1(C)[C@@H]2CC3OB(C4c5ccccc5C(B5OC6C[C@@H]7C[C@@H](C7(C)C)[C@]6(C)O5)c5cc(C(=O)NC6CCCCC6)ccc54)O[C@@]3(C)[C@H]1C2. The van der Waals surface area contributed by atoms with Crippen LogP contribution in [0.25, 0.3) is 0 Å². The minimum Gasteiger partial charge on any atom is -0.405 e. The topological polar surface area (TPSA) is 66.0 Å². The molecule has 1 N–H and O–H groups in total. The lowest BCUT2D eigenvalue weighted by Gasteiger charge is -2.64. The van der Waals surface area contributed by atoms with Crippen LogP contribution >= 0.6 is 0 Å². The lowest BCUT2D eigenvalue weighted by molar-refractivity contribution is -0.199. The van der Waals surface area contributed by atoms with Crippen molar-refractivity contribution in [2.45, 2.75) is 140 Å². The lowest BCUT2D eigenvalue weighted by atomic mass is 9.43. The van der Waals surface area contributed by atoms with Gasteiger partial charge in [-0.15, -0.1) is 0 Å². The molecule has 0 spiro atoms. The Morgan fingerprint density at radius 3 is 1.71 bits per heavy atom. The van der Waals surface area contributed by atoms with Crippen LogP contribution < -0.4 is 5.32 Å². The van der Waals surface area contributed by atoms with E-state index in [0.717, 1.165) is 31.2 Å². The minimum absolute atomic E-state index is 0.0224. The molecule has 49 heavy (non-hydrogen) atoms. The summed E-state index contributed by atoms with van der Waals surface area (Å²) in [5.41, 5.74) is 5.37. The second-order valence-corrected chi connectivity index (χ2v) is 18.9. The fourth-order valence-corrected chi connectivity index (χ4v) is 12.9. The van der Waals surface area contributed by atoms with Crippen molar-refractivity contribution < 1.29 is 23.4 Å². The summed E-state index contributed by atoms with van der Waals surface area (Å²) in [5.74, 6) is 2.11. The molecule has 8 heteroatoms. The van der Waals surface area contributed by atoms with Gasteiger partial charge in [0.15, 0.2) is 0 Å². The third kappa shape index (κ3) is 4.27. The molecule has 2 aliphatic heterocycles. The predicted octanol–water partition coefficient (Wildman–Crippen LogP) is 7.86. The smallest absolute Gasteiger partial charge is 0.405 e. The highest BCUT2D eigenvalue weighted by Crippen LogP contribution is 2.68. The van der Waals surface area contributed by atoms with E-state index in [9.17, 15) is 4.79 Å². The van der Waals surface area contributed by atoms with Crippen molar-refractivity contribution in [1.82, 2.24) is 5.32 Å². The number of hydrogen-bond donors (Lipinski definition) is 1. The molecular formula is C41H53B2NO5. The molecule has 8 aliphatic carbocycles. The highest BCUT2D eigenvalue weighted by atomic mass is 16.7. The van der Waals surface area contributed by atoms with Crippen molar-refractivity contribution >= 4 is 20.1 Å². The Hall–Kier alpha value is -2.12. The van der Waals surface area contributed by atoms with Crippen LogP contribution in [-0.4, -0.2) is 49.6 Å². The molecular weight excluding hydrogens is 608 g/mol. The quantitative estimate of drug-likeness (QED) is 0.338. The normalized spacial score (nSPS) is 42.2. The van der Waals surface area contributed by atoms with Gasteiger partial charge < -0.3 is 23.9 Å². The zero-order valence-corrected chi connectivity index (χ0v) is 30.3. The van der Waals surface area contributed by atoms with Gasteiger partial charge in [0, 0.05) is 23.2 Å². The molecule has 4 bridgehead atoms. The summed E-state index contributed by atoms with van der Waals surface area (Å²) in [5, 5.41) is 3.38. The van der Waals surface area contributed by atoms with E-state index in [1.165, 1.54) is 48.8 Å². The van der Waals surface area contributed by atoms with E-state index in [1.54, 1.807) is 0 Å². The lowest BCUT2D eigenvalue weighted by Crippen LogP contribution is -2.65. The van der Waals surface area contributed by atoms with Gasteiger partial charge in [0.05, 0.1) is 23.4 Å². The summed E-state index contributed by atoms with van der Waals surface area (Å²) in [6, 6.07) is 15.5. The zero-order valence-electron chi connectivity index (χ0n) is 30.3. The highest BCUT2D eigenvalue weighted by molar-refractivity contribution is 6.51. The standard InChI is InChI=1S/C41H53B2NO5/c1-38(2)24-19-31(38)40(5)33(21-24)46-42(48-40)35-27-14-10-11-15-28(27)36(43-47-34-22-25-20-32(39(25,3)4)41(34,6)49-43)30-18-23(16-17-29(30)35)37(45)44-26-12-8-7-9-13-26/h10-11,14-18,24-26,31-36H,7-9,12-13,19-22H2,1-6H3,(H,44,45)/t24-,25-,31-,32-,33?,34?,35?,36?,40-,41-/m0/s1. The largest absolute Gasteiger partial charge is 0.470 e. The first kappa shape index (κ1) is 31.6. The van der Waals surface area contributed by atoms with Gasteiger partial charge in [-0.3, -0.25) is 4.79 Å². The van der Waals surface area contributed by atoms with Crippen LogP contribution in [-0.2, 0) is 18.6 Å². The Balaban J connectivity index is 1.05. The summed E-state index contributed by atoms with van der Waals surface area (Å²) in [4.78, 5) is 13.9. The van der Waals surface area contributed by atoms with E-state index in [0.29, 0.717) is 29.2 Å². The molecule has 2 aromatic rings. The molecule has 12 rings (SSSR count). The molecule has 10 aliphatic rings. The van der Waals surface area contributed by atoms with Gasteiger partial charge in [-0.2, -0.15) is 0 Å². The first-order valence-electron chi connectivity index (χ1n) is 19.6. The number of fused-ring (bicyclic) bond motifs is 2. The van der Waals surface area contributed by atoms with Crippen molar-refractivity contribution in [3.63, 3.8) is 0 Å². The first-order valence-corrected chi connectivity index (χ1v) is 19.6. The van der Waals surface area contributed by atoms with Crippen molar-refractivity contribution in [2.75, 3.05) is 0 Å². The van der Waals surface area contributed by atoms with E-state index < -0.39 is 14.2 Å². The number of hydrogen-bond acceptors (Lipinski definition) is 5. The number of carbonyl (C=O) groups excluding carboxylic acids is 1. The molecule has 2 saturated heterocycles. The number of nitrogens with one attached hydrogen (secondary N) is 1. The van der Waals surface area contributed by atoms with Crippen LogP contribution in [0, 0.1) is 34.5 Å². The minimum atomic E-state index is -0.429. The van der Waals surface area contributed by atoms with Crippen LogP contribution in [0.4, 0.5) is 0 Å². The van der Waals surface area contributed by atoms with Gasteiger partial charge in [-0.05, 0) is 121 Å².